The van der Waals surface area contributed by atoms with Gasteiger partial charge in [-0.05, 0) is 64.7 Å². The first kappa shape index (κ1) is 14.9. The molecule has 0 aromatic carbocycles. The fourth-order valence-corrected chi connectivity index (χ4v) is 2.75. The first-order chi connectivity index (χ1) is 8.27. The summed E-state index contributed by atoms with van der Waals surface area (Å²) in [6.07, 6.45) is 5.20. The second kappa shape index (κ2) is 8.90. The monoisotopic (exact) mass is 242 g/mol. The van der Waals surface area contributed by atoms with Crippen LogP contribution in [0.5, 0.6) is 0 Å². The maximum absolute atomic E-state index is 5.08. The number of likely N-dealkylation sites (tertiary alicyclic amines) is 1. The number of unbranched alkanes of at least 4 members (excludes halogenated alkanes) is 1. The van der Waals surface area contributed by atoms with Gasteiger partial charge >= 0.3 is 0 Å². The minimum absolute atomic E-state index is 0.690. The summed E-state index contributed by atoms with van der Waals surface area (Å²) in [7, 11) is 1.79. The van der Waals surface area contributed by atoms with Crippen molar-refractivity contribution >= 4 is 0 Å². The number of ether oxygens (including phenoxy) is 1. The molecule has 0 bridgehead atoms. The Labute approximate surface area is 107 Å². The molecule has 0 radical (unpaired) electrons. The summed E-state index contributed by atoms with van der Waals surface area (Å²) in [6, 6.07) is 0.690. The Morgan fingerprint density at radius 3 is 2.59 bits per heavy atom. The van der Waals surface area contributed by atoms with Gasteiger partial charge < -0.3 is 15.0 Å². The number of methoxy groups -OCH3 is 1. The fourth-order valence-electron chi connectivity index (χ4n) is 2.75. The maximum Gasteiger partial charge on any atom is 0.0462 e. The van der Waals surface area contributed by atoms with Gasteiger partial charge in [0.25, 0.3) is 0 Å². The van der Waals surface area contributed by atoms with E-state index in [0.717, 1.165) is 19.1 Å². The van der Waals surface area contributed by atoms with Crippen LogP contribution in [-0.2, 0) is 4.74 Å². The summed E-state index contributed by atoms with van der Waals surface area (Å²) in [6.45, 7) is 10.4. The molecule has 3 heteroatoms. The molecule has 1 atom stereocenters. The van der Waals surface area contributed by atoms with E-state index in [1.807, 2.05) is 0 Å². The van der Waals surface area contributed by atoms with Crippen molar-refractivity contribution < 1.29 is 4.74 Å². The van der Waals surface area contributed by atoms with Crippen LogP contribution in [0.2, 0.25) is 0 Å². The molecule has 0 saturated carbocycles. The lowest BCUT2D eigenvalue weighted by molar-refractivity contribution is 0.150. The van der Waals surface area contributed by atoms with Crippen molar-refractivity contribution in [1.82, 2.24) is 10.2 Å². The average Bonchev–Trinajstić information content (AvgIpc) is 2.36. The molecule has 102 valence electrons. The molecule has 1 aliphatic rings. The molecule has 1 rings (SSSR count). The first-order valence-corrected chi connectivity index (χ1v) is 7.22. The van der Waals surface area contributed by atoms with Gasteiger partial charge in [0.15, 0.2) is 0 Å². The molecular formula is C14H30N2O. The number of rotatable bonds is 8. The Morgan fingerprint density at radius 1 is 1.29 bits per heavy atom. The molecule has 1 fully saturated rings. The molecule has 0 amide bonds. The van der Waals surface area contributed by atoms with Crippen LogP contribution in [-0.4, -0.2) is 50.8 Å². The zero-order chi connectivity index (χ0) is 12.5. The van der Waals surface area contributed by atoms with Crippen molar-refractivity contribution in [2.24, 2.45) is 5.92 Å². The van der Waals surface area contributed by atoms with E-state index in [-0.39, 0.29) is 0 Å². The number of nitrogens with zero attached hydrogens (tertiary/aromatic N) is 1. The number of nitrogens with one attached hydrogen (secondary N) is 1. The van der Waals surface area contributed by atoms with E-state index in [9.17, 15) is 0 Å². The summed E-state index contributed by atoms with van der Waals surface area (Å²) in [5.74, 6) is 0.880. The van der Waals surface area contributed by atoms with Crippen LogP contribution in [0.15, 0.2) is 0 Å². The third-order valence-corrected chi connectivity index (χ3v) is 3.94. The molecule has 0 aliphatic carbocycles. The van der Waals surface area contributed by atoms with Gasteiger partial charge in [0, 0.05) is 19.8 Å². The SMILES string of the molecule is CCNC(C)C1CCN(CCCCOC)CC1. The van der Waals surface area contributed by atoms with Gasteiger partial charge in [-0.25, -0.2) is 0 Å². The Hall–Kier alpha value is -0.120. The lowest BCUT2D eigenvalue weighted by Gasteiger charge is -2.35. The highest BCUT2D eigenvalue weighted by atomic mass is 16.5. The summed E-state index contributed by atoms with van der Waals surface area (Å²) >= 11 is 0. The first-order valence-electron chi connectivity index (χ1n) is 7.22. The van der Waals surface area contributed by atoms with E-state index in [2.05, 4.69) is 24.1 Å². The second-order valence-corrected chi connectivity index (χ2v) is 5.23. The van der Waals surface area contributed by atoms with Gasteiger partial charge in [-0.2, -0.15) is 0 Å². The van der Waals surface area contributed by atoms with Crippen LogP contribution < -0.4 is 5.32 Å². The Kier molecular flexibility index (Phi) is 7.82. The molecule has 1 unspecified atom stereocenters. The van der Waals surface area contributed by atoms with Crippen LogP contribution in [0.25, 0.3) is 0 Å². The smallest absolute Gasteiger partial charge is 0.0462 e. The molecular weight excluding hydrogens is 212 g/mol. The Morgan fingerprint density at radius 2 is 2.00 bits per heavy atom. The predicted molar refractivity (Wildman–Crippen MR) is 73.4 cm³/mol. The Bertz CT molecular complexity index is 179. The van der Waals surface area contributed by atoms with E-state index < -0.39 is 0 Å². The lowest BCUT2D eigenvalue weighted by atomic mass is 9.90. The summed E-state index contributed by atoms with van der Waals surface area (Å²) < 4.78 is 5.08. The second-order valence-electron chi connectivity index (χ2n) is 5.23. The van der Waals surface area contributed by atoms with Crippen LogP contribution in [0, 0.1) is 5.92 Å². The topological polar surface area (TPSA) is 24.5 Å². The van der Waals surface area contributed by atoms with Gasteiger partial charge in [-0.3, -0.25) is 0 Å². The van der Waals surface area contributed by atoms with Crippen molar-refractivity contribution in [3.63, 3.8) is 0 Å². The van der Waals surface area contributed by atoms with Crippen molar-refractivity contribution in [2.45, 2.75) is 45.6 Å². The quantitative estimate of drug-likeness (QED) is 0.660. The highest BCUT2D eigenvalue weighted by Gasteiger charge is 2.22. The van der Waals surface area contributed by atoms with E-state index in [1.54, 1.807) is 7.11 Å². The summed E-state index contributed by atoms with van der Waals surface area (Å²) in [4.78, 5) is 2.62. The zero-order valence-electron chi connectivity index (χ0n) is 11.9. The van der Waals surface area contributed by atoms with Crippen molar-refractivity contribution in [1.29, 1.82) is 0 Å². The largest absolute Gasteiger partial charge is 0.385 e. The van der Waals surface area contributed by atoms with Gasteiger partial charge in [-0.1, -0.05) is 6.92 Å². The van der Waals surface area contributed by atoms with Gasteiger partial charge in [0.05, 0.1) is 0 Å². The van der Waals surface area contributed by atoms with E-state index in [0.29, 0.717) is 6.04 Å². The van der Waals surface area contributed by atoms with E-state index >= 15 is 0 Å². The normalized spacial score (nSPS) is 20.6. The van der Waals surface area contributed by atoms with Crippen molar-refractivity contribution in [2.75, 3.05) is 39.9 Å². The maximum atomic E-state index is 5.08. The van der Waals surface area contributed by atoms with Crippen LogP contribution >= 0.6 is 0 Å². The van der Waals surface area contributed by atoms with Crippen molar-refractivity contribution in [3.05, 3.63) is 0 Å². The highest BCUT2D eigenvalue weighted by Crippen LogP contribution is 2.20. The standard InChI is InChI=1S/C14H30N2O/c1-4-15-13(2)14-7-10-16(11-8-14)9-5-6-12-17-3/h13-15H,4-12H2,1-3H3. The van der Waals surface area contributed by atoms with Gasteiger partial charge in [0.2, 0.25) is 0 Å². The fraction of sp³-hybridized carbons (Fsp3) is 1.00. The Balaban J connectivity index is 2.08. The minimum atomic E-state index is 0.690. The minimum Gasteiger partial charge on any atom is -0.385 e. The van der Waals surface area contributed by atoms with Crippen LogP contribution in [0.3, 0.4) is 0 Å². The molecule has 0 aromatic rings. The van der Waals surface area contributed by atoms with Gasteiger partial charge in [0.1, 0.15) is 0 Å². The molecule has 0 aromatic heterocycles. The highest BCUT2D eigenvalue weighted by molar-refractivity contribution is 4.79. The number of hydrogen-bond acceptors (Lipinski definition) is 3. The van der Waals surface area contributed by atoms with Crippen LogP contribution in [0.4, 0.5) is 0 Å². The van der Waals surface area contributed by atoms with Crippen LogP contribution in [0.1, 0.15) is 39.5 Å². The van der Waals surface area contributed by atoms with Gasteiger partial charge in [-0.15, -0.1) is 0 Å². The lowest BCUT2D eigenvalue weighted by Crippen LogP contribution is -2.42. The van der Waals surface area contributed by atoms with E-state index in [4.69, 9.17) is 4.74 Å². The molecule has 17 heavy (non-hydrogen) atoms. The molecule has 0 spiro atoms. The number of hydrogen-bond donors (Lipinski definition) is 1. The average molecular weight is 242 g/mol. The summed E-state index contributed by atoms with van der Waals surface area (Å²) in [5, 5.41) is 3.55. The van der Waals surface area contributed by atoms with E-state index in [1.165, 1.54) is 45.3 Å². The third kappa shape index (κ3) is 5.84. The summed E-state index contributed by atoms with van der Waals surface area (Å²) in [5.41, 5.74) is 0. The predicted octanol–water partition coefficient (Wildman–Crippen LogP) is 2.12. The van der Waals surface area contributed by atoms with Crippen molar-refractivity contribution in [3.8, 4) is 0 Å². The molecule has 1 N–H and O–H groups in total. The zero-order valence-corrected chi connectivity index (χ0v) is 11.9. The molecule has 3 nitrogen and oxygen atoms in total. The molecule has 1 heterocycles. The number of piperidine rings is 1. The molecule has 1 saturated heterocycles. The third-order valence-electron chi connectivity index (χ3n) is 3.94. The molecule has 1 aliphatic heterocycles.